The molecule has 0 radical (unpaired) electrons. The average molecular weight is 471 g/mol. The van der Waals surface area contributed by atoms with E-state index in [9.17, 15) is 4.79 Å². The molecule has 3 rings (SSSR count). The summed E-state index contributed by atoms with van der Waals surface area (Å²) < 4.78 is 11.1. The summed E-state index contributed by atoms with van der Waals surface area (Å²) in [5, 5.41) is 1.30. The summed E-state index contributed by atoms with van der Waals surface area (Å²) in [4.78, 5) is 16.9. The Bertz CT molecular complexity index is 755. The van der Waals surface area contributed by atoms with E-state index in [1.54, 1.807) is 0 Å². The van der Waals surface area contributed by atoms with Gasteiger partial charge < -0.3 is 19.3 Å². The Balaban J connectivity index is 1.39. The lowest BCUT2D eigenvalue weighted by molar-refractivity contribution is -0.152. The van der Waals surface area contributed by atoms with Gasteiger partial charge in [0.1, 0.15) is 11.9 Å². The lowest BCUT2D eigenvalue weighted by Crippen LogP contribution is -2.46. The minimum Gasteiger partial charge on any atom is -0.489 e. The molecule has 2 aliphatic rings. The molecule has 0 saturated carbocycles. The Morgan fingerprint density at radius 2 is 1.68 bits per heavy atom. The minimum atomic E-state index is -0.449. The van der Waals surface area contributed by atoms with Gasteiger partial charge in [-0.2, -0.15) is 0 Å². The van der Waals surface area contributed by atoms with Crippen molar-refractivity contribution < 1.29 is 14.3 Å². The van der Waals surface area contributed by atoms with Gasteiger partial charge in [0.25, 0.3) is 0 Å². The first kappa shape index (κ1) is 24.6. The second-order valence-corrected chi connectivity index (χ2v) is 10.5. The quantitative estimate of drug-likeness (QED) is 0.521. The van der Waals surface area contributed by atoms with E-state index in [4.69, 9.17) is 32.7 Å². The Morgan fingerprint density at radius 1 is 1.06 bits per heavy atom. The maximum Gasteiger partial charge on any atom is 0.312 e. The zero-order valence-corrected chi connectivity index (χ0v) is 20.8. The van der Waals surface area contributed by atoms with E-state index in [-0.39, 0.29) is 12.1 Å². The van der Waals surface area contributed by atoms with Gasteiger partial charge in [0.05, 0.1) is 17.5 Å². The van der Waals surface area contributed by atoms with E-state index in [2.05, 4.69) is 9.80 Å². The number of piperidine rings is 2. The molecule has 2 fully saturated rings. The number of hydrogen-bond donors (Lipinski definition) is 0. The van der Waals surface area contributed by atoms with Gasteiger partial charge in [-0.15, -0.1) is 0 Å². The van der Waals surface area contributed by atoms with Crippen LogP contribution < -0.4 is 4.74 Å². The predicted octanol–water partition coefficient (Wildman–Crippen LogP) is 5.06. The normalized spacial score (nSPS) is 20.1. The van der Waals surface area contributed by atoms with E-state index in [1.165, 1.54) is 20.0 Å². The molecule has 0 N–H and O–H groups in total. The van der Waals surface area contributed by atoms with Crippen LogP contribution in [-0.4, -0.2) is 68.3 Å². The second kappa shape index (κ2) is 10.7. The standard InChI is InChI=1S/C24H36Cl2N2O3/c1-17-20(25)5-6-21(22(17)26)31-19-9-13-27(14-10-19)15-18-7-11-28(12-8-18)16-24(2,3)23(29)30-4/h5-6,18-19H,7-16H2,1-4H3. The highest BCUT2D eigenvalue weighted by atomic mass is 35.5. The summed E-state index contributed by atoms with van der Waals surface area (Å²) in [6.07, 6.45) is 4.62. The Morgan fingerprint density at radius 3 is 2.29 bits per heavy atom. The fraction of sp³-hybridized carbons (Fsp3) is 0.708. The van der Waals surface area contributed by atoms with Gasteiger partial charge in [-0.25, -0.2) is 0 Å². The first-order valence-electron chi connectivity index (χ1n) is 11.3. The van der Waals surface area contributed by atoms with Crippen LogP contribution in [0.15, 0.2) is 12.1 Å². The van der Waals surface area contributed by atoms with E-state index in [0.717, 1.165) is 69.3 Å². The van der Waals surface area contributed by atoms with Crippen molar-refractivity contribution in [1.29, 1.82) is 0 Å². The molecule has 1 aromatic carbocycles. The van der Waals surface area contributed by atoms with E-state index in [0.29, 0.717) is 10.0 Å². The highest BCUT2D eigenvalue weighted by Crippen LogP contribution is 2.34. The third-order valence-corrected chi connectivity index (χ3v) is 7.57. The fourth-order valence-corrected chi connectivity index (χ4v) is 5.12. The molecule has 5 nitrogen and oxygen atoms in total. The number of rotatable bonds is 7. The maximum absolute atomic E-state index is 11.9. The van der Waals surface area contributed by atoms with Gasteiger partial charge in [0, 0.05) is 31.2 Å². The first-order chi connectivity index (χ1) is 14.7. The molecular formula is C24H36Cl2N2O3. The molecule has 174 valence electrons. The van der Waals surface area contributed by atoms with Gasteiger partial charge in [-0.3, -0.25) is 4.79 Å². The van der Waals surface area contributed by atoms with Crippen LogP contribution in [0.4, 0.5) is 0 Å². The Labute approximate surface area is 197 Å². The molecule has 2 saturated heterocycles. The summed E-state index contributed by atoms with van der Waals surface area (Å²) >= 11 is 12.5. The highest BCUT2D eigenvalue weighted by Gasteiger charge is 2.33. The first-order valence-corrected chi connectivity index (χ1v) is 12.1. The Hall–Kier alpha value is -1.01. The molecule has 0 amide bonds. The molecule has 0 unspecified atom stereocenters. The molecule has 0 aliphatic carbocycles. The van der Waals surface area contributed by atoms with Gasteiger partial charge in [0.15, 0.2) is 0 Å². The van der Waals surface area contributed by atoms with Crippen LogP contribution in [0.3, 0.4) is 0 Å². The molecule has 7 heteroatoms. The van der Waals surface area contributed by atoms with Crippen molar-refractivity contribution in [3.05, 3.63) is 27.7 Å². The second-order valence-electron chi connectivity index (χ2n) is 9.70. The number of carbonyl (C=O) groups excluding carboxylic acids is 1. The largest absolute Gasteiger partial charge is 0.489 e. The number of halogens is 2. The number of ether oxygens (including phenoxy) is 2. The third-order valence-electron chi connectivity index (χ3n) is 6.69. The molecule has 0 aromatic heterocycles. The number of methoxy groups -OCH3 is 1. The molecule has 2 heterocycles. The van der Waals surface area contributed by atoms with Crippen LogP contribution in [0.2, 0.25) is 10.0 Å². The Kier molecular flexibility index (Phi) is 8.53. The molecule has 31 heavy (non-hydrogen) atoms. The van der Waals surface area contributed by atoms with Crippen molar-refractivity contribution >= 4 is 29.2 Å². The summed E-state index contributed by atoms with van der Waals surface area (Å²) in [6, 6.07) is 3.73. The molecule has 1 aromatic rings. The van der Waals surface area contributed by atoms with Crippen molar-refractivity contribution in [1.82, 2.24) is 9.80 Å². The van der Waals surface area contributed by atoms with Crippen molar-refractivity contribution in [2.24, 2.45) is 11.3 Å². The zero-order chi connectivity index (χ0) is 22.6. The van der Waals surface area contributed by atoms with Crippen molar-refractivity contribution in [3.8, 4) is 5.75 Å². The monoisotopic (exact) mass is 470 g/mol. The van der Waals surface area contributed by atoms with Gasteiger partial charge in [-0.05, 0) is 83.2 Å². The van der Waals surface area contributed by atoms with Crippen LogP contribution in [0.1, 0.15) is 45.1 Å². The summed E-state index contributed by atoms with van der Waals surface area (Å²) in [7, 11) is 1.47. The van der Waals surface area contributed by atoms with Gasteiger partial charge in [-0.1, -0.05) is 23.2 Å². The van der Waals surface area contributed by atoms with Crippen LogP contribution >= 0.6 is 23.2 Å². The van der Waals surface area contributed by atoms with Crippen molar-refractivity contribution in [3.63, 3.8) is 0 Å². The number of hydrogen-bond acceptors (Lipinski definition) is 5. The topological polar surface area (TPSA) is 42.0 Å². The maximum atomic E-state index is 11.9. The van der Waals surface area contributed by atoms with Crippen LogP contribution in [0.25, 0.3) is 0 Å². The van der Waals surface area contributed by atoms with E-state index >= 15 is 0 Å². The van der Waals surface area contributed by atoms with E-state index < -0.39 is 5.41 Å². The lowest BCUT2D eigenvalue weighted by Gasteiger charge is -2.39. The lowest BCUT2D eigenvalue weighted by atomic mass is 9.90. The molecular weight excluding hydrogens is 435 g/mol. The average Bonchev–Trinajstić information content (AvgIpc) is 2.76. The number of likely N-dealkylation sites (tertiary alicyclic amines) is 2. The van der Waals surface area contributed by atoms with E-state index in [1.807, 2.05) is 32.9 Å². The summed E-state index contributed by atoms with van der Waals surface area (Å²) in [5.41, 5.74) is 0.425. The number of carbonyl (C=O) groups is 1. The highest BCUT2D eigenvalue weighted by molar-refractivity contribution is 6.36. The van der Waals surface area contributed by atoms with Crippen molar-refractivity contribution in [2.75, 3.05) is 46.4 Å². The zero-order valence-electron chi connectivity index (χ0n) is 19.3. The number of nitrogens with zero attached hydrogens (tertiary/aromatic N) is 2. The van der Waals surface area contributed by atoms with Crippen LogP contribution in [0, 0.1) is 18.3 Å². The van der Waals surface area contributed by atoms with Crippen LogP contribution in [-0.2, 0) is 9.53 Å². The smallest absolute Gasteiger partial charge is 0.312 e. The molecule has 2 aliphatic heterocycles. The fourth-order valence-electron chi connectivity index (χ4n) is 4.71. The summed E-state index contributed by atoms with van der Waals surface area (Å²) in [6.45, 7) is 12.0. The van der Waals surface area contributed by atoms with Gasteiger partial charge >= 0.3 is 5.97 Å². The predicted molar refractivity (Wildman–Crippen MR) is 126 cm³/mol. The molecule has 0 spiro atoms. The summed E-state index contributed by atoms with van der Waals surface area (Å²) in [5.74, 6) is 1.34. The number of benzene rings is 1. The third kappa shape index (κ3) is 6.50. The molecule has 0 atom stereocenters. The number of esters is 1. The SMILES string of the molecule is COC(=O)C(C)(C)CN1CCC(CN2CCC(Oc3ccc(Cl)c(C)c3Cl)CC2)CC1. The van der Waals surface area contributed by atoms with Gasteiger partial charge in [0.2, 0.25) is 0 Å². The van der Waals surface area contributed by atoms with Crippen molar-refractivity contribution in [2.45, 2.75) is 52.6 Å². The van der Waals surface area contributed by atoms with Crippen LogP contribution in [0.5, 0.6) is 5.75 Å². The minimum absolute atomic E-state index is 0.130. The molecule has 0 bridgehead atoms.